The van der Waals surface area contributed by atoms with Crippen LogP contribution >= 0.6 is 24.4 Å². The van der Waals surface area contributed by atoms with Crippen molar-refractivity contribution in [2.75, 3.05) is 14.1 Å². The third-order valence-corrected chi connectivity index (χ3v) is 3.62. The first-order valence-corrected chi connectivity index (χ1v) is 7.39. The highest BCUT2D eigenvalue weighted by Gasteiger charge is 2.21. The van der Waals surface area contributed by atoms with Gasteiger partial charge in [0.15, 0.2) is 10.2 Å². The molecule has 0 saturated heterocycles. The van der Waals surface area contributed by atoms with Gasteiger partial charge in [0, 0.05) is 39.1 Å². The van der Waals surface area contributed by atoms with Crippen LogP contribution in [-0.4, -0.2) is 34.9 Å². The van der Waals surface area contributed by atoms with Crippen LogP contribution in [0.25, 0.3) is 0 Å². The molecule has 0 aliphatic heterocycles. The molecular weight excluding hydrogens is 306 g/mol. The van der Waals surface area contributed by atoms with Crippen molar-refractivity contribution in [2.24, 2.45) is 7.05 Å². The monoisotopic (exact) mass is 329 g/mol. The number of hydrazine groups is 2. The quantitative estimate of drug-likeness (QED) is 0.312. The molecule has 0 fully saturated rings. The van der Waals surface area contributed by atoms with Crippen molar-refractivity contribution < 1.29 is 0 Å². The van der Waals surface area contributed by atoms with E-state index in [1.807, 2.05) is 26.2 Å². The Hall–Kier alpha value is -1.42. The van der Waals surface area contributed by atoms with Crippen LogP contribution in [0.2, 0.25) is 0 Å². The Morgan fingerprint density at radius 2 is 1.67 bits per heavy atom. The Morgan fingerprint density at radius 1 is 1.10 bits per heavy atom. The van der Waals surface area contributed by atoms with Gasteiger partial charge in [-0.05, 0) is 43.5 Å². The topological polar surface area (TPSA) is 77.1 Å². The van der Waals surface area contributed by atoms with Gasteiger partial charge in [-0.15, -0.1) is 0 Å². The lowest BCUT2D eigenvalue weighted by Gasteiger charge is -2.28. The molecule has 1 aromatic heterocycles. The van der Waals surface area contributed by atoms with Gasteiger partial charge < -0.3 is 15.2 Å². The Labute approximate surface area is 136 Å². The molecule has 0 radical (unpaired) electrons. The molecule has 0 aliphatic carbocycles. The zero-order valence-electron chi connectivity index (χ0n) is 12.7. The van der Waals surface area contributed by atoms with Gasteiger partial charge in [0.2, 0.25) is 0 Å². The predicted octanol–water partition coefficient (Wildman–Crippen LogP) is -0.348. The van der Waals surface area contributed by atoms with E-state index in [0.717, 1.165) is 5.69 Å². The molecule has 0 aliphatic rings. The Kier molecular flexibility index (Phi) is 7.37. The van der Waals surface area contributed by atoms with Gasteiger partial charge in [-0.25, -0.2) is 10.9 Å². The average Bonchev–Trinajstić information content (AvgIpc) is 2.90. The summed E-state index contributed by atoms with van der Waals surface area (Å²) >= 11 is 10.1. The zero-order chi connectivity index (χ0) is 15.8. The van der Waals surface area contributed by atoms with Crippen molar-refractivity contribution in [1.82, 2.24) is 36.9 Å². The second kappa shape index (κ2) is 8.78. The fraction of sp³-hybridized carbons (Fsp3) is 0.500. The van der Waals surface area contributed by atoms with Crippen molar-refractivity contribution in [3.05, 3.63) is 24.0 Å². The first kappa shape index (κ1) is 17.6. The first-order chi connectivity index (χ1) is 9.99. The molecule has 0 bridgehead atoms. The third kappa shape index (κ3) is 5.46. The third-order valence-electron chi connectivity index (χ3n) is 3.01. The van der Waals surface area contributed by atoms with Crippen molar-refractivity contribution in [3.63, 3.8) is 0 Å². The molecule has 21 heavy (non-hydrogen) atoms. The Balaban J connectivity index is 2.74. The van der Waals surface area contributed by atoms with Crippen LogP contribution in [0.4, 0.5) is 0 Å². The molecule has 6 N–H and O–H groups in total. The first-order valence-electron chi connectivity index (χ1n) is 6.57. The van der Waals surface area contributed by atoms with Crippen LogP contribution in [0.3, 0.4) is 0 Å². The van der Waals surface area contributed by atoms with Gasteiger partial charge in [0.25, 0.3) is 0 Å². The number of aryl methyl sites for hydroxylation is 1. The maximum Gasteiger partial charge on any atom is 0.180 e. The molecule has 118 valence electrons. The maximum absolute atomic E-state index is 5.09. The minimum absolute atomic E-state index is 0.0246. The summed E-state index contributed by atoms with van der Waals surface area (Å²) in [6.45, 7) is 2.04. The van der Waals surface area contributed by atoms with Crippen LogP contribution < -0.4 is 32.3 Å². The van der Waals surface area contributed by atoms with Gasteiger partial charge in [0.1, 0.15) is 0 Å². The second-order valence-corrected chi connectivity index (χ2v) is 5.32. The van der Waals surface area contributed by atoms with Crippen LogP contribution in [0.1, 0.15) is 18.7 Å². The number of hydrogen-bond donors (Lipinski definition) is 6. The summed E-state index contributed by atoms with van der Waals surface area (Å²) in [5, 5.41) is 6.77. The van der Waals surface area contributed by atoms with Crippen molar-refractivity contribution in [1.29, 1.82) is 0 Å². The lowest BCUT2D eigenvalue weighted by molar-refractivity contribution is 0.358. The Bertz CT molecular complexity index is 474. The fourth-order valence-corrected chi connectivity index (χ4v) is 1.90. The van der Waals surface area contributed by atoms with Crippen molar-refractivity contribution >= 4 is 34.7 Å². The van der Waals surface area contributed by atoms with E-state index in [1.54, 1.807) is 14.1 Å². The molecule has 2 unspecified atom stereocenters. The molecule has 7 nitrogen and oxygen atoms in total. The largest absolute Gasteiger partial charge is 0.365 e. The minimum Gasteiger partial charge on any atom is -0.365 e. The number of rotatable bonds is 6. The summed E-state index contributed by atoms with van der Waals surface area (Å²) < 4.78 is 2.05. The van der Waals surface area contributed by atoms with Crippen LogP contribution in [0, 0.1) is 0 Å². The van der Waals surface area contributed by atoms with E-state index in [1.165, 1.54) is 0 Å². The highest BCUT2D eigenvalue weighted by atomic mass is 32.1. The summed E-state index contributed by atoms with van der Waals surface area (Å²) in [5.74, 6) is 0. The maximum atomic E-state index is 5.09. The number of thiocarbonyl (C=S) groups is 2. The predicted molar refractivity (Wildman–Crippen MR) is 93.5 cm³/mol. The molecule has 2 atom stereocenters. The summed E-state index contributed by atoms with van der Waals surface area (Å²) in [6.07, 6.45) is 2.00. The molecule has 9 heteroatoms. The summed E-state index contributed by atoms with van der Waals surface area (Å²) in [6, 6.07) is 4.07. The summed E-state index contributed by atoms with van der Waals surface area (Å²) in [5.41, 5.74) is 13.4. The lowest BCUT2D eigenvalue weighted by Crippen LogP contribution is -2.54. The van der Waals surface area contributed by atoms with Gasteiger partial charge >= 0.3 is 0 Å². The van der Waals surface area contributed by atoms with Crippen LogP contribution in [0.15, 0.2) is 18.3 Å². The van der Waals surface area contributed by atoms with Gasteiger partial charge in [-0.2, -0.15) is 0 Å². The van der Waals surface area contributed by atoms with Crippen LogP contribution in [0.5, 0.6) is 0 Å². The van der Waals surface area contributed by atoms with E-state index >= 15 is 0 Å². The van der Waals surface area contributed by atoms with E-state index in [4.69, 9.17) is 24.4 Å². The lowest BCUT2D eigenvalue weighted by atomic mass is 10.1. The fourth-order valence-electron chi connectivity index (χ4n) is 1.78. The van der Waals surface area contributed by atoms with Crippen molar-refractivity contribution in [2.45, 2.75) is 19.0 Å². The number of aromatic nitrogens is 1. The van der Waals surface area contributed by atoms with E-state index in [9.17, 15) is 0 Å². The summed E-state index contributed by atoms with van der Waals surface area (Å²) in [7, 11) is 5.53. The average molecular weight is 329 g/mol. The molecule has 1 aromatic rings. The molecule has 0 amide bonds. The minimum atomic E-state index is -0.0246. The molecule has 0 aromatic carbocycles. The second-order valence-electron chi connectivity index (χ2n) is 4.51. The molecule has 1 rings (SSSR count). The molecule has 1 heterocycles. The highest BCUT2D eigenvalue weighted by Crippen LogP contribution is 2.16. The molecule has 0 saturated carbocycles. The van der Waals surface area contributed by atoms with Gasteiger partial charge in [-0.3, -0.25) is 10.9 Å². The molecular formula is C12H23N7S2. The molecule has 0 spiro atoms. The number of nitrogens with one attached hydrogen (secondary N) is 6. The van der Waals surface area contributed by atoms with E-state index in [-0.39, 0.29) is 12.1 Å². The number of nitrogens with zero attached hydrogens (tertiary/aromatic N) is 1. The number of hydrogen-bond acceptors (Lipinski definition) is 4. The van der Waals surface area contributed by atoms with Gasteiger partial charge in [-0.1, -0.05) is 0 Å². The van der Waals surface area contributed by atoms with Crippen molar-refractivity contribution in [3.8, 4) is 0 Å². The standard InChI is InChI=1S/C12H23N7S2/c1-8(15-17-11(20)13-2)10(16-18-12(21)14-3)9-6-5-7-19(9)4/h5-8,10,15-16H,1-4H3,(H2,13,17,20)(H2,14,18,21). The van der Waals surface area contributed by atoms with E-state index in [2.05, 4.69) is 43.0 Å². The Morgan fingerprint density at radius 3 is 2.14 bits per heavy atom. The smallest absolute Gasteiger partial charge is 0.180 e. The van der Waals surface area contributed by atoms with E-state index in [0.29, 0.717) is 10.2 Å². The normalized spacial score (nSPS) is 13.1. The highest BCUT2D eigenvalue weighted by molar-refractivity contribution is 7.80. The zero-order valence-corrected chi connectivity index (χ0v) is 14.3. The SMILES string of the molecule is CNC(=S)NNC(C)C(NNC(=S)NC)c1cccn1C. The summed E-state index contributed by atoms with van der Waals surface area (Å²) in [4.78, 5) is 0. The van der Waals surface area contributed by atoms with Gasteiger partial charge in [0.05, 0.1) is 6.04 Å². The van der Waals surface area contributed by atoms with Crippen LogP contribution in [-0.2, 0) is 7.05 Å². The van der Waals surface area contributed by atoms with E-state index < -0.39 is 0 Å².